The van der Waals surface area contributed by atoms with E-state index in [9.17, 15) is 9.59 Å². The van der Waals surface area contributed by atoms with Crippen LogP contribution in [-0.4, -0.2) is 28.8 Å². The number of aromatic nitrogens is 2. The van der Waals surface area contributed by atoms with Crippen molar-refractivity contribution in [2.75, 3.05) is 12.4 Å². The highest BCUT2D eigenvalue weighted by Crippen LogP contribution is 2.44. The van der Waals surface area contributed by atoms with Crippen LogP contribution in [0.1, 0.15) is 65.4 Å². The summed E-state index contributed by atoms with van der Waals surface area (Å²) in [5, 5.41) is 7.70. The van der Waals surface area contributed by atoms with Crippen LogP contribution in [0.15, 0.2) is 12.3 Å². The minimum absolute atomic E-state index is 0.212. The van der Waals surface area contributed by atoms with E-state index in [1.165, 1.54) is 23.3 Å². The van der Waals surface area contributed by atoms with Gasteiger partial charge in [-0.1, -0.05) is 20.8 Å². The van der Waals surface area contributed by atoms with E-state index in [0.29, 0.717) is 28.7 Å². The van der Waals surface area contributed by atoms with E-state index in [0.717, 1.165) is 24.8 Å². The maximum absolute atomic E-state index is 12.6. The molecule has 1 N–H and O–H groups in total. The minimum atomic E-state index is -0.393. The first-order chi connectivity index (χ1) is 12.7. The second kappa shape index (κ2) is 7.46. The third-order valence-electron chi connectivity index (χ3n) is 5.30. The highest BCUT2D eigenvalue weighted by Gasteiger charge is 2.34. The lowest BCUT2D eigenvalue weighted by atomic mass is 9.72. The summed E-state index contributed by atoms with van der Waals surface area (Å²) < 4.78 is 6.70. The Labute approximate surface area is 163 Å². The zero-order valence-electron chi connectivity index (χ0n) is 16.6. The largest absolute Gasteiger partial charge is 0.465 e. The molecule has 2 aromatic rings. The smallest absolute Gasteiger partial charge is 0.341 e. The number of rotatable bonds is 4. The molecule has 1 atom stereocenters. The van der Waals surface area contributed by atoms with Gasteiger partial charge in [-0.25, -0.2) is 4.79 Å². The molecule has 1 aliphatic carbocycles. The van der Waals surface area contributed by atoms with Gasteiger partial charge in [-0.05, 0) is 49.1 Å². The SMILES string of the molecule is CCn1ccc(C(=O)Nc2sc3c(c2C(=O)OC)CC[C@H](C(C)(C)C)C3)n1. The number of hydrogen-bond donors (Lipinski definition) is 1. The van der Waals surface area contributed by atoms with Crippen LogP contribution >= 0.6 is 11.3 Å². The van der Waals surface area contributed by atoms with E-state index in [1.54, 1.807) is 16.9 Å². The van der Waals surface area contributed by atoms with Gasteiger partial charge >= 0.3 is 5.97 Å². The fraction of sp³-hybridized carbons (Fsp3) is 0.550. The summed E-state index contributed by atoms with van der Waals surface area (Å²) in [4.78, 5) is 26.2. The molecule has 0 unspecified atom stereocenters. The number of amides is 1. The number of carbonyl (C=O) groups excluding carboxylic acids is 2. The summed E-state index contributed by atoms with van der Waals surface area (Å²) in [7, 11) is 1.38. The van der Waals surface area contributed by atoms with Gasteiger partial charge in [0.05, 0.1) is 12.7 Å². The molecule has 6 nitrogen and oxygen atoms in total. The van der Waals surface area contributed by atoms with Gasteiger partial charge in [-0.3, -0.25) is 9.48 Å². The Bertz CT molecular complexity index is 860. The topological polar surface area (TPSA) is 73.2 Å². The van der Waals surface area contributed by atoms with Crippen molar-refractivity contribution in [3.63, 3.8) is 0 Å². The number of carbonyl (C=O) groups is 2. The molecule has 2 aromatic heterocycles. The minimum Gasteiger partial charge on any atom is -0.465 e. The molecule has 0 fully saturated rings. The van der Waals surface area contributed by atoms with Crippen molar-refractivity contribution in [1.29, 1.82) is 0 Å². The monoisotopic (exact) mass is 389 g/mol. The molecular formula is C20H27N3O3S. The lowest BCUT2D eigenvalue weighted by Gasteiger charge is -2.33. The van der Waals surface area contributed by atoms with Crippen LogP contribution in [0, 0.1) is 11.3 Å². The number of fused-ring (bicyclic) bond motifs is 1. The predicted molar refractivity (Wildman–Crippen MR) is 106 cm³/mol. The van der Waals surface area contributed by atoms with Gasteiger partial charge in [-0.15, -0.1) is 11.3 Å². The van der Waals surface area contributed by atoms with E-state index in [4.69, 9.17) is 4.74 Å². The van der Waals surface area contributed by atoms with E-state index in [1.807, 2.05) is 6.92 Å². The van der Waals surface area contributed by atoms with Gasteiger partial charge in [0, 0.05) is 17.6 Å². The summed E-state index contributed by atoms with van der Waals surface area (Å²) in [5.41, 5.74) is 2.09. The van der Waals surface area contributed by atoms with Crippen molar-refractivity contribution in [2.45, 2.75) is 53.5 Å². The average Bonchev–Trinajstić information content (AvgIpc) is 3.23. The standard InChI is InChI=1S/C20H27N3O3S/c1-6-23-10-9-14(22-23)17(24)21-18-16(19(25)26-5)13-8-7-12(20(2,3)4)11-15(13)27-18/h9-10,12H,6-8,11H2,1-5H3,(H,21,24)/t12-/m0/s1. The molecule has 3 rings (SSSR count). The van der Waals surface area contributed by atoms with Gasteiger partial charge in [0.15, 0.2) is 5.69 Å². The Morgan fingerprint density at radius 2 is 2.15 bits per heavy atom. The normalized spacial score (nSPS) is 16.7. The fourth-order valence-electron chi connectivity index (χ4n) is 3.56. The second-order valence-corrected chi connectivity index (χ2v) is 9.12. The van der Waals surface area contributed by atoms with Crippen molar-refractivity contribution < 1.29 is 14.3 Å². The molecule has 0 saturated carbocycles. The zero-order valence-corrected chi connectivity index (χ0v) is 17.4. The quantitative estimate of drug-likeness (QED) is 0.797. The fourth-order valence-corrected chi connectivity index (χ4v) is 4.87. The molecule has 7 heteroatoms. The number of nitrogens with zero attached hydrogens (tertiary/aromatic N) is 2. The predicted octanol–water partition coefficient (Wildman–Crippen LogP) is 4.15. The van der Waals surface area contributed by atoms with Crippen LogP contribution in [0.2, 0.25) is 0 Å². The average molecular weight is 390 g/mol. The Kier molecular flexibility index (Phi) is 5.42. The van der Waals surface area contributed by atoms with Crippen molar-refractivity contribution in [3.05, 3.63) is 34.0 Å². The van der Waals surface area contributed by atoms with Crippen molar-refractivity contribution in [3.8, 4) is 0 Å². The number of anilines is 1. The number of aryl methyl sites for hydroxylation is 1. The lowest BCUT2D eigenvalue weighted by Crippen LogP contribution is -2.26. The van der Waals surface area contributed by atoms with Crippen LogP contribution in [-0.2, 0) is 24.1 Å². The van der Waals surface area contributed by atoms with Gasteiger partial charge in [0.2, 0.25) is 0 Å². The Balaban J connectivity index is 1.92. The number of methoxy groups -OCH3 is 1. The molecule has 27 heavy (non-hydrogen) atoms. The highest BCUT2D eigenvalue weighted by atomic mass is 32.1. The maximum atomic E-state index is 12.6. The van der Waals surface area contributed by atoms with Crippen molar-refractivity contribution in [1.82, 2.24) is 9.78 Å². The lowest BCUT2D eigenvalue weighted by molar-refractivity contribution is 0.0600. The Hall–Kier alpha value is -2.15. The number of ether oxygens (including phenoxy) is 1. The molecule has 0 aromatic carbocycles. The van der Waals surface area contributed by atoms with Crippen LogP contribution in [0.5, 0.6) is 0 Å². The molecule has 1 amide bonds. The third-order valence-corrected chi connectivity index (χ3v) is 6.47. The molecular weight excluding hydrogens is 362 g/mol. The summed E-state index contributed by atoms with van der Waals surface area (Å²) in [5.74, 6) is -0.146. The first-order valence-corrected chi connectivity index (χ1v) is 10.1. The van der Waals surface area contributed by atoms with Crippen LogP contribution in [0.4, 0.5) is 5.00 Å². The molecule has 146 valence electrons. The first-order valence-electron chi connectivity index (χ1n) is 9.32. The van der Waals surface area contributed by atoms with E-state index >= 15 is 0 Å². The van der Waals surface area contributed by atoms with Gasteiger partial charge in [0.1, 0.15) is 5.00 Å². The second-order valence-electron chi connectivity index (χ2n) is 8.02. The van der Waals surface area contributed by atoms with Crippen LogP contribution < -0.4 is 5.32 Å². The maximum Gasteiger partial charge on any atom is 0.341 e. The molecule has 2 heterocycles. The Morgan fingerprint density at radius 3 is 2.74 bits per heavy atom. The molecule has 0 radical (unpaired) electrons. The molecule has 0 spiro atoms. The number of esters is 1. The molecule has 1 aliphatic rings. The summed E-state index contributed by atoms with van der Waals surface area (Å²) in [6.45, 7) is 9.42. The van der Waals surface area contributed by atoms with Crippen LogP contribution in [0.3, 0.4) is 0 Å². The molecule has 0 bridgehead atoms. The van der Waals surface area contributed by atoms with E-state index in [-0.39, 0.29) is 11.3 Å². The van der Waals surface area contributed by atoms with E-state index < -0.39 is 5.97 Å². The number of hydrogen-bond acceptors (Lipinski definition) is 5. The third kappa shape index (κ3) is 3.93. The first kappa shape index (κ1) is 19.6. The van der Waals surface area contributed by atoms with Crippen molar-refractivity contribution >= 4 is 28.2 Å². The summed E-state index contributed by atoms with van der Waals surface area (Å²) in [6, 6.07) is 1.68. The summed E-state index contributed by atoms with van der Waals surface area (Å²) in [6.07, 6.45) is 4.56. The van der Waals surface area contributed by atoms with Gasteiger partial charge in [0.25, 0.3) is 5.91 Å². The molecule has 0 saturated heterocycles. The van der Waals surface area contributed by atoms with Crippen molar-refractivity contribution in [2.24, 2.45) is 11.3 Å². The van der Waals surface area contributed by atoms with Crippen LogP contribution in [0.25, 0.3) is 0 Å². The van der Waals surface area contributed by atoms with Gasteiger partial charge in [-0.2, -0.15) is 5.10 Å². The molecule has 0 aliphatic heterocycles. The number of nitrogens with one attached hydrogen (secondary N) is 1. The van der Waals surface area contributed by atoms with E-state index in [2.05, 4.69) is 31.2 Å². The van der Waals surface area contributed by atoms with Gasteiger partial charge < -0.3 is 10.1 Å². The summed E-state index contributed by atoms with van der Waals surface area (Å²) >= 11 is 1.49. The highest BCUT2D eigenvalue weighted by molar-refractivity contribution is 7.17. The zero-order chi connectivity index (χ0) is 19.8. The Morgan fingerprint density at radius 1 is 1.41 bits per heavy atom. The number of thiophene rings is 1.